The summed E-state index contributed by atoms with van der Waals surface area (Å²) in [6.45, 7) is 1.84. The Balaban J connectivity index is 1.87. The zero-order valence-corrected chi connectivity index (χ0v) is 10.8. The third-order valence-corrected chi connectivity index (χ3v) is 4.02. The molecule has 0 unspecified atom stereocenters. The van der Waals surface area contributed by atoms with Crippen molar-refractivity contribution in [3.05, 3.63) is 36.0 Å². The molecule has 3 rings (SSSR count). The first-order chi connectivity index (χ1) is 8.66. The van der Waals surface area contributed by atoms with E-state index in [0.29, 0.717) is 0 Å². The van der Waals surface area contributed by atoms with Crippen LogP contribution < -0.4 is 5.32 Å². The van der Waals surface area contributed by atoms with Crippen molar-refractivity contribution in [1.29, 1.82) is 0 Å². The van der Waals surface area contributed by atoms with E-state index in [-0.39, 0.29) is 0 Å². The van der Waals surface area contributed by atoms with Crippen LogP contribution in [-0.2, 0) is 13.5 Å². The van der Waals surface area contributed by atoms with Crippen LogP contribution in [0.1, 0.15) is 18.4 Å². The summed E-state index contributed by atoms with van der Waals surface area (Å²) in [6, 6.07) is 8.62. The minimum atomic E-state index is -0.524. The topological polar surface area (TPSA) is 37.2 Å². The molecule has 3 nitrogen and oxygen atoms in total. The van der Waals surface area contributed by atoms with Gasteiger partial charge < -0.3 is 15.0 Å². The zero-order valence-electron chi connectivity index (χ0n) is 10.8. The molecule has 2 heterocycles. The maximum Gasteiger partial charge on any atom is 0.0712 e. The first kappa shape index (κ1) is 11.8. The molecular weight excluding hydrogens is 224 g/mol. The van der Waals surface area contributed by atoms with Crippen LogP contribution in [0.3, 0.4) is 0 Å². The molecule has 0 spiro atoms. The lowest BCUT2D eigenvalue weighted by molar-refractivity contribution is 0.0109. The quantitative estimate of drug-likeness (QED) is 0.846. The molecule has 1 aromatic heterocycles. The molecule has 1 fully saturated rings. The number of nitrogens with one attached hydrogen (secondary N) is 1. The summed E-state index contributed by atoms with van der Waals surface area (Å²) in [6.07, 6.45) is 4.53. The van der Waals surface area contributed by atoms with Gasteiger partial charge in [0.05, 0.1) is 5.60 Å². The summed E-state index contributed by atoms with van der Waals surface area (Å²) in [5.74, 6) is 0. The number of aromatic nitrogens is 1. The van der Waals surface area contributed by atoms with Crippen molar-refractivity contribution in [2.45, 2.75) is 24.9 Å². The Kier molecular flexibility index (Phi) is 2.88. The van der Waals surface area contributed by atoms with Gasteiger partial charge in [0, 0.05) is 25.2 Å². The van der Waals surface area contributed by atoms with E-state index in [2.05, 4.69) is 47.4 Å². The van der Waals surface area contributed by atoms with E-state index in [1.165, 1.54) is 16.5 Å². The minimum absolute atomic E-state index is 0.524. The van der Waals surface area contributed by atoms with Crippen molar-refractivity contribution < 1.29 is 5.11 Å². The van der Waals surface area contributed by atoms with Crippen molar-refractivity contribution in [3.63, 3.8) is 0 Å². The number of aliphatic hydroxyl groups is 1. The maximum absolute atomic E-state index is 10.6. The number of hydrogen-bond acceptors (Lipinski definition) is 2. The van der Waals surface area contributed by atoms with Crippen LogP contribution in [0.25, 0.3) is 10.9 Å². The molecule has 3 heteroatoms. The summed E-state index contributed by atoms with van der Waals surface area (Å²) in [5, 5.41) is 15.1. The molecular formula is C15H20N2O. The van der Waals surface area contributed by atoms with Crippen molar-refractivity contribution >= 4 is 10.9 Å². The van der Waals surface area contributed by atoms with Gasteiger partial charge in [0.15, 0.2) is 0 Å². The largest absolute Gasteiger partial charge is 0.389 e. The van der Waals surface area contributed by atoms with E-state index in [1.54, 1.807) is 0 Å². The summed E-state index contributed by atoms with van der Waals surface area (Å²) in [7, 11) is 2.06. The highest BCUT2D eigenvalue weighted by Gasteiger charge is 2.29. The number of hydrogen-bond donors (Lipinski definition) is 2. The first-order valence-electron chi connectivity index (χ1n) is 6.63. The van der Waals surface area contributed by atoms with Gasteiger partial charge in [-0.15, -0.1) is 0 Å². The molecule has 0 bridgehead atoms. The van der Waals surface area contributed by atoms with Crippen LogP contribution in [0, 0.1) is 0 Å². The van der Waals surface area contributed by atoms with Gasteiger partial charge in [-0.25, -0.2) is 0 Å². The highest BCUT2D eigenvalue weighted by molar-refractivity contribution is 5.80. The number of aryl methyl sites for hydroxylation is 1. The second-order valence-corrected chi connectivity index (χ2v) is 5.47. The molecule has 0 amide bonds. The number of piperidine rings is 1. The van der Waals surface area contributed by atoms with Gasteiger partial charge >= 0.3 is 0 Å². The fourth-order valence-corrected chi connectivity index (χ4v) is 2.87. The lowest BCUT2D eigenvalue weighted by Gasteiger charge is -2.32. The summed E-state index contributed by atoms with van der Waals surface area (Å²) in [4.78, 5) is 0. The Morgan fingerprint density at radius 1 is 1.28 bits per heavy atom. The van der Waals surface area contributed by atoms with Gasteiger partial charge in [0.2, 0.25) is 0 Å². The van der Waals surface area contributed by atoms with E-state index < -0.39 is 5.60 Å². The van der Waals surface area contributed by atoms with Crippen molar-refractivity contribution in [2.75, 3.05) is 13.1 Å². The Bertz CT molecular complexity index is 553. The molecule has 0 aliphatic carbocycles. The van der Waals surface area contributed by atoms with Crippen LogP contribution in [0.2, 0.25) is 0 Å². The Hall–Kier alpha value is -1.32. The van der Waals surface area contributed by atoms with E-state index in [9.17, 15) is 5.11 Å². The third-order valence-electron chi connectivity index (χ3n) is 4.02. The van der Waals surface area contributed by atoms with Gasteiger partial charge in [-0.05, 0) is 49.0 Å². The standard InChI is InChI=1S/C15H20N2O/c1-17-9-4-13-3-2-12(10-14(13)17)11-15(18)5-7-16-8-6-15/h2-4,9-10,16,18H,5-8,11H2,1H3. The van der Waals surface area contributed by atoms with Crippen LogP contribution >= 0.6 is 0 Å². The first-order valence-corrected chi connectivity index (χ1v) is 6.63. The average Bonchev–Trinajstić information content (AvgIpc) is 2.71. The van der Waals surface area contributed by atoms with Gasteiger partial charge in [-0.2, -0.15) is 0 Å². The Morgan fingerprint density at radius 3 is 2.83 bits per heavy atom. The normalized spacial score (nSPS) is 19.2. The molecule has 18 heavy (non-hydrogen) atoms. The van der Waals surface area contributed by atoms with Crippen LogP contribution in [0.4, 0.5) is 0 Å². The summed E-state index contributed by atoms with van der Waals surface area (Å²) in [5.41, 5.74) is 1.95. The molecule has 1 aliphatic rings. The summed E-state index contributed by atoms with van der Waals surface area (Å²) >= 11 is 0. The molecule has 1 saturated heterocycles. The second kappa shape index (κ2) is 4.41. The number of benzene rings is 1. The number of rotatable bonds is 2. The van der Waals surface area contributed by atoms with E-state index >= 15 is 0 Å². The lowest BCUT2D eigenvalue weighted by Crippen LogP contribution is -2.43. The summed E-state index contributed by atoms with van der Waals surface area (Å²) < 4.78 is 2.13. The monoisotopic (exact) mass is 244 g/mol. The van der Waals surface area contributed by atoms with Gasteiger partial charge in [-0.1, -0.05) is 12.1 Å². The van der Waals surface area contributed by atoms with Gasteiger partial charge in [0.1, 0.15) is 0 Å². The lowest BCUT2D eigenvalue weighted by atomic mass is 9.86. The molecule has 2 aromatic rings. The molecule has 1 aromatic carbocycles. The SMILES string of the molecule is Cn1ccc2ccc(CC3(O)CCNCC3)cc21. The molecule has 2 N–H and O–H groups in total. The van der Waals surface area contributed by atoms with Crippen molar-refractivity contribution in [3.8, 4) is 0 Å². The molecule has 0 saturated carbocycles. The average molecular weight is 244 g/mol. The van der Waals surface area contributed by atoms with Crippen LogP contribution in [0.15, 0.2) is 30.5 Å². The molecule has 96 valence electrons. The minimum Gasteiger partial charge on any atom is -0.389 e. The predicted molar refractivity (Wildman–Crippen MR) is 73.7 cm³/mol. The maximum atomic E-state index is 10.6. The Labute approximate surface area is 107 Å². The fourth-order valence-electron chi connectivity index (χ4n) is 2.87. The van der Waals surface area contributed by atoms with Gasteiger partial charge in [-0.3, -0.25) is 0 Å². The predicted octanol–water partition coefficient (Wildman–Crippen LogP) is 1.84. The van der Waals surface area contributed by atoms with E-state index in [0.717, 1.165) is 32.4 Å². The Morgan fingerprint density at radius 2 is 2.06 bits per heavy atom. The zero-order chi connectivity index (χ0) is 12.6. The fraction of sp³-hybridized carbons (Fsp3) is 0.467. The smallest absolute Gasteiger partial charge is 0.0712 e. The highest BCUT2D eigenvalue weighted by atomic mass is 16.3. The van der Waals surface area contributed by atoms with Gasteiger partial charge in [0.25, 0.3) is 0 Å². The van der Waals surface area contributed by atoms with E-state index in [1.807, 2.05) is 0 Å². The van der Waals surface area contributed by atoms with Crippen LogP contribution in [-0.4, -0.2) is 28.4 Å². The molecule has 0 radical (unpaired) electrons. The third kappa shape index (κ3) is 2.16. The number of nitrogens with zero attached hydrogens (tertiary/aromatic N) is 1. The van der Waals surface area contributed by atoms with Crippen molar-refractivity contribution in [1.82, 2.24) is 9.88 Å². The molecule has 0 atom stereocenters. The van der Waals surface area contributed by atoms with Crippen LogP contribution in [0.5, 0.6) is 0 Å². The van der Waals surface area contributed by atoms with Crippen molar-refractivity contribution in [2.24, 2.45) is 7.05 Å². The molecule has 1 aliphatic heterocycles. The number of fused-ring (bicyclic) bond motifs is 1. The second-order valence-electron chi connectivity index (χ2n) is 5.47. The highest BCUT2D eigenvalue weighted by Crippen LogP contribution is 2.25. The van der Waals surface area contributed by atoms with E-state index in [4.69, 9.17) is 0 Å².